The number of nitrogens with zero attached hydrogens (tertiary/aromatic N) is 2. The maximum Gasteiger partial charge on any atom is 0.267 e. The van der Waals surface area contributed by atoms with Crippen LogP contribution in [-0.2, 0) is 6.54 Å². The Bertz CT molecular complexity index is 665. The van der Waals surface area contributed by atoms with Gasteiger partial charge in [-0.2, -0.15) is 0 Å². The van der Waals surface area contributed by atoms with Gasteiger partial charge in [0.25, 0.3) is 5.56 Å². The number of ketones is 1. The summed E-state index contributed by atoms with van der Waals surface area (Å²) in [6, 6.07) is 3.57. The number of thiophene rings is 1. The smallest absolute Gasteiger partial charge is 0.267 e. The molecule has 0 aromatic carbocycles. The highest BCUT2D eigenvalue weighted by Gasteiger charge is 2.13. The van der Waals surface area contributed by atoms with Crippen LogP contribution in [0.5, 0.6) is 0 Å². The Balaban J connectivity index is 2.33. The summed E-state index contributed by atoms with van der Waals surface area (Å²) in [5.74, 6) is 0.462. The second kappa shape index (κ2) is 5.62. The van der Waals surface area contributed by atoms with E-state index in [4.69, 9.17) is 0 Å². The zero-order valence-corrected chi connectivity index (χ0v) is 13.9. The minimum absolute atomic E-state index is 0.0292. The van der Waals surface area contributed by atoms with Gasteiger partial charge < -0.3 is 0 Å². The van der Waals surface area contributed by atoms with E-state index < -0.39 is 0 Å². The molecule has 2 aromatic rings. The van der Waals surface area contributed by atoms with Gasteiger partial charge in [-0.3, -0.25) is 14.2 Å². The monoisotopic (exact) mass is 438 g/mol. The molecule has 4 nitrogen and oxygen atoms in total. The first kappa shape index (κ1) is 13.9. The van der Waals surface area contributed by atoms with Crippen LogP contribution in [0.25, 0.3) is 0 Å². The highest BCUT2D eigenvalue weighted by atomic mass is 127. The van der Waals surface area contributed by atoms with Crippen molar-refractivity contribution in [3.05, 3.63) is 46.7 Å². The van der Waals surface area contributed by atoms with Crippen LogP contribution in [-0.4, -0.2) is 15.3 Å². The number of Topliss-reactive ketones (excluding diaryl/α,β-unsaturated/α-hetero) is 1. The van der Waals surface area contributed by atoms with Gasteiger partial charge in [0.1, 0.15) is 5.82 Å². The highest BCUT2D eigenvalue weighted by Crippen LogP contribution is 2.22. The van der Waals surface area contributed by atoms with Crippen LogP contribution >= 0.6 is 49.9 Å². The average molecular weight is 439 g/mol. The third kappa shape index (κ3) is 2.89. The minimum Gasteiger partial charge on any atom is -0.291 e. The summed E-state index contributed by atoms with van der Waals surface area (Å²) >= 11 is 6.59. The summed E-state index contributed by atoms with van der Waals surface area (Å²) in [6.07, 6.45) is 1.51. The van der Waals surface area contributed by atoms with E-state index in [2.05, 4.69) is 20.9 Å². The van der Waals surface area contributed by atoms with E-state index in [1.165, 1.54) is 22.1 Å². The predicted molar refractivity (Wildman–Crippen MR) is 82.3 cm³/mol. The lowest BCUT2D eigenvalue weighted by Crippen LogP contribution is -2.28. The van der Waals surface area contributed by atoms with Crippen LogP contribution in [0.3, 0.4) is 0 Å². The van der Waals surface area contributed by atoms with Crippen molar-refractivity contribution in [2.24, 2.45) is 0 Å². The van der Waals surface area contributed by atoms with E-state index in [0.29, 0.717) is 14.3 Å². The van der Waals surface area contributed by atoms with Crippen LogP contribution in [0.2, 0.25) is 0 Å². The zero-order valence-electron chi connectivity index (χ0n) is 9.31. The third-order valence-corrected chi connectivity index (χ3v) is 4.76. The standard InChI is InChI=1S/C11H8BrIN2O2S/c1-6-14-4-7(13)11(17)15(6)5-8(16)9-2-3-10(12)18-9/h2-4H,5H2,1H3. The lowest BCUT2D eigenvalue weighted by molar-refractivity contribution is 0.0973. The largest absolute Gasteiger partial charge is 0.291 e. The summed E-state index contributed by atoms with van der Waals surface area (Å²) < 4.78 is 2.81. The van der Waals surface area contributed by atoms with E-state index in [1.54, 1.807) is 13.0 Å². The van der Waals surface area contributed by atoms with E-state index in [9.17, 15) is 9.59 Å². The molecule has 0 fully saturated rings. The normalized spacial score (nSPS) is 10.6. The van der Waals surface area contributed by atoms with Crippen LogP contribution in [0.4, 0.5) is 0 Å². The van der Waals surface area contributed by atoms with Crippen LogP contribution in [0.15, 0.2) is 26.9 Å². The van der Waals surface area contributed by atoms with Crippen LogP contribution in [0.1, 0.15) is 15.5 Å². The average Bonchev–Trinajstić information content (AvgIpc) is 2.76. The van der Waals surface area contributed by atoms with Crippen molar-refractivity contribution in [2.75, 3.05) is 0 Å². The fourth-order valence-corrected chi connectivity index (χ4v) is 3.17. The Hall–Kier alpha value is -0.540. The number of rotatable bonds is 3. The fraction of sp³-hybridized carbons (Fsp3) is 0.182. The molecule has 0 aliphatic heterocycles. The van der Waals surface area contributed by atoms with Gasteiger partial charge in [0.2, 0.25) is 0 Å². The van der Waals surface area contributed by atoms with Crippen LogP contribution < -0.4 is 5.56 Å². The molecule has 2 rings (SSSR count). The molecule has 0 unspecified atom stereocenters. The molecule has 0 atom stereocenters. The van der Waals surface area contributed by atoms with Crippen molar-refractivity contribution in [2.45, 2.75) is 13.5 Å². The zero-order chi connectivity index (χ0) is 13.3. The molecule has 7 heteroatoms. The van der Waals surface area contributed by atoms with E-state index in [0.717, 1.165) is 3.79 Å². The van der Waals surface area contributed by atoms with Gasteiger partial charge in [-0.15, -0.1) is 11.3 Å². The van der Waals surface area contributed by atoms with E-state index in [-0.39, 0.29) is 17.9 Å². The molecule has 2 heterocycles. The first-order chi connectivity index (χ1) is 8.49. The van der Waals surface area contributed by atoms with Gasteiger partial charge >= 0.3 is 0 Å². The molecule has 94 valence electrons. The summed E-state index contributed by atoms with van der Waals surface area (Å²) in [5, 5.41) is 0. The molecule has 0 bridgehead atoms. The maximum absolute atomic E-state index is 12.0. The molecular formula is C11H8BrIN2O2S. The summed E-state index contributed by atoms with van der Waals surface area (Å²) in [6.45, 7) is 1.75. The number of halogens is 2. The summed E-state index contributed by atoms with van der Waals surface area (Å²) in [5.41, 5.74) is -0.174. The molecule has 0 radical (unpaired) electrons. The number of aromatic nitrogens is 2. The van der Waals surface area contributed by atoms with Crippen molar-refractivity contribution in [1.29, 1.82) is 0 Å². The van der Waals surface area contributed by atoms with Crippen molar-refractivity contribution in [3.63, 3.8) is 0 Å². The second-order valence-corrected chi connectivity index (χ2v) is 7.20. The maximum atomic E-state index is 12.0. The van der Waals surface area contributed by atoms with Crippen molar-refractivity contribution >= 4 is 55.6 Å². The number of hydrogen-bond donors (Lipinski definition) is 0. The Kier molecular flexibility index (Phi) is 4.33. The SMILES string of the molecule is Cc1ncc(I)c(=O)n1CC(=O)c1ccc(Br)s1. The molecule has 0 aliphatic carbocycles. The van der Waals surface area contributed by atoms with Gasteiger partial charge in [0.15, 0.2) is 5.78 Å². The minimum atomic E-state index is -0.174. The number of carbonyl (C=O) groups excluding carboxylic acids is 1. The lowest BCUT2D eigenvalue weighted by atomic mass is 10.3. The molecule has 0 N–H and O–H groups in total. The third-order valence-electron chi connectivity index (χ3n) is 2.35. The lowest BCUT2D eigenvalue weighted by Gasteiger charge is -2.07. The molecule has 0 saturated heterocycles. The highest BCUT2D eigenvalue weighted by molar-refractivity contribution is 14.1. The predicted octanol–water partition coefficient (Wildman–Crippen LogP) is 2.86. The summed E-state index contributed by atoms with van der Waals surface area (Å²) in [7, 11) is 0. The van der Waals surface area contributed by atoms with Gasteiger partial charge in [-0.1, -0.05) is 0 Å². The van der Waals surface area contributed by atoms with Crippen molar-refractivity contribution < 1.29 is 4.79 Å². The topological polar surface area (TPSA) is 52.0 Å². The molecule has 0 spiro atoms. The molecule has 18 heavy (non-hydrogen) atoms. The van der Waals surface area contributed by atoms with Crippen molar-refractivity contribution in [3.8, 4) is 0 Å². The molecular weight excluding hydrogens is 431 g/mol. The van der Waals surface area contributed by atoms with Crippen LogP contribution in [0, 0.1) is 10.5 Å². The fourth-order valence-electron chi connectivity index (χ4n) is 1.42. The van der Waals surface area contributed by atoms with Gasteiger partial charge in [-0.25, -0.2) is 4.98 Å². The van der Waals surface area contributed by atoms with Gasteiger partial charge in [0.05, 0.1) is 18.8 Å². The first-order valence-corrected chi connectivity index (χ1v) is 7.68. The summed E-state index contributed by atoms with van der Waals surface area (Å²) in [4.78, 5) is 28.7. The Morgan fingerprint density at radius 2 is 2.28 bits per heavy atom. The quantitative estimate of drug-likeness (QED) is 0.547. The van der Waals surface area contributed by atoms with Crippen molar-refractivity contribution in [1.82, 2.24) is 9.55 Å². The van der Waals surface area contributed by atoms with Gasteiger partial charge in [-0.05, 0) is 57.6 Å². The van der Waals surface area contributed by atoms with Gasteiger partial charge in [0, 0.05) is 6.20 Å². The molecule has 2 aromatic heterocycles. The van der Waals surface area contributed by atoms with E-state index in [1.807, 2.05) is 28.7 Å². The number of aryl methyl sites for hydroxylation is 1. The van der Waals surface area contributed by atoms with E-state index >= 15 is 0 Å². The Labute approximate surface area is 129 Å². The molecule has 0 saturated carbocycles. The molecule has 0 amide bonds. The number of carbonyl (C=O) groups is 1. The molecule has 0 aliphatic rings. The second-order valence-electron chi connectivity index (χ2n) is 3.57. The Morgan fingerprint density at radius 1 is 1.56 bits per heavy atom. The number of hydrogen-bond acceptors (Lipinski definition) is 4. The first-order valence-electron chi connectivity index (χ1n) is 4.99. The Morgan fingerprint density at radius 3 is 2.89 bits per heavy atom.